The molecule has 4 rings (SSSR count). The number of nitro groups is 1. The minimum Gasteiger partial charge on any atom is -0.378 e. The lowest BCUT2D eigenvalue weighted by Crippen LogP contribution is -2.37. The quantitative estimate of drug-likeness (QED) is 0.330. The summed E-state index contributed by atoms with van der Waals surface area (Å²) in [7, 11) is 0. The Morgan fingerprint density at radius 3 is 2.77 bits per heavy atom. The molecule has 2 heterocycles. The van der Waals surface area contributed by atoms with Crippen molar-refractivity contribution >= 4 is 74.7 Å². The number of aromatic nitrogens is 2. The number of anilines is 2. The Kier molecular flexibility index (Phi) is 6.23. The molecule has 1 aromatic heterocycles. The lowest BCUT2D eigenvalue weighted by atomic mass is 10.1. The van der Waals surface area contributed by atoms with E-state index in [9.17, 15) is 14.9 Å². The number of ether oxygens (including phenoxy) is 1. The third-order valence-electron chi connectivity index (χ3n) is 4.63. The van der Waals surface area contributed by atoms with Crippen molar-refractivity contribution in [2.75, 3.05) is 36.5 Å². The Balaban J connectivity index is 1.52. The van der Waals surface area contributed by atoms with Crippen LogP contribution in [0.4, 0.5) is 17.1 Å². The van der Waals surface area contributed by atoms with E-state index in [1.54, 1.807) is 18.2 Å². The van der Waals surface area contributed by atoms with Crippen molar-refractivity contribution in [1.29, 1.82) is 0 Å². The topological polar surface area (TPSA) is 123 Å². The molecule has 0 unspecified atom stereocenters. The number of nitrogens with zero attached hydrogens (tertiary/aromatic N) is 4. The van der Waals surface area contributed by atoms with Crippen molar-refractivity contribution in [3.05, 3.63) is 51.0 Å². The molecule has 3 aromatic rings. The molecule has 160 valence electrons. The Morgan fingerprint density at radius 1 is 1.26 bits per heavy atom. The number of nitrogens with one attached hydrogen (secondary N) is 2. The minimum absolute atomic E-state index is 0.0210. The summed E-state index contributed by atoms with van der Waals surface area (Å²) in [5, 5.41) is 17.3. The molecular weight excluding hydrogens is 464 g/mol. The highest BCUT2D eigenvalue weighted by molar-refractivity contribution is 7.80. The predicted octanol–water partition coefficient (Wildman–Crippen LogP) is 3.22. The van der Waals surface area contributed by atoms with Crippen molar-refractivity contribution in [2.45, 2.75) is 0 Å². The van der Waals surface area contributed by atoms with E-state index in [0.717, 1.165) is 11.7 Å². The summed E-state index contributed by atoms with van der Waals surface area (Å²) in [6, 6.07) is 7.69. The summed E-state index contributed by atoms with van der Waals surface area (Å²) in [4.78, 5) is 25.6. The first-order valence-electron chi connectivity index (χ1n) is 9.08. The lowest BCUT2D eigenvalue weighted by Gasteiger charge is -2.28. The molecule has 1 aliphatic heterocycles. The first-order valence-corrected chi connectivity index (χ1v) is 10.6. The van der Waals surface area contributed by atoms with Crippen LogP contribution in [0.1, 0.15) is 10.4 Å². The van der Waals surface area contributed by atoms with Crippen LogP contribution in [0.25, 0.3) is 11.0 Å². The van der Waals surface area contributed by atoms with Crippen LogP contribution in [0, 0.1) is 10.1 Å². The summed E-state index contributed by atoms with van der Waals surface area (Å²) in [5.41, 5.74) is 1.98. The summed E-state index contributed by atoms with van der Waals surface area (Å²) < 4.78 is 13.6. The van der Waals surface area contributed by atoms with Gasteiger partial charge in [0, 0.05) is 24.7 Å². The second-order valence-corrected chi connectivity index (χ2v) is 7.87. The molecule has 1 aliphatic rings. The van der Waals surface area contributed by atoms with Gasteiger partial charge in [-0.05, 0) is 36.5 Å². The number of thiocarbonyl (C=S) groups is 1. The van der Waals surface area contributed by atoms with E-state index in [-0.39, 0.29) is 16.4 Å². The van der Waals surface area contributed by atoms with Gasteiger partial charge < -0.3 is 15.0 Å². The van der Waals surface area contributed by atoms with Crippen LogP contribution in [0.5, 0.6) is 0 Å². The van der Waals surface area contributed by atoms with Gasteiger partial charge in [-0.3, -0.25) is 20.2 Å². The third-order valence-corrected chi connectivity index (χ3v) is 5.69. The van der Waals surface area contributed by atoms with E-state index < -0.39 is 10.8 Å². The predicted molar refractivity (Wildman–Crippen MR) is 122 cm³/mol. The molecule has 2 aromatic carbocycles. The van der Waals surface area contributed by atoms with Gasteiger partial charge in [0.05, 0.1) is 40.6 Å². The van der Waals surface area contributed by atoms with Gasteiger partial charge in [-0.2, -0.15) is 8.75 Å². The molecule has 10 nitrogen and oxygen atoms in total. The van der Waals surface area contributed by atoms with Crippen molar-refractivity contribution in [1.82, 2.24) is 14.1 Å². The zero-order valence-corrected chi connectivity index (χ0v) is 18.2. The van der Waals surface area contributed by atoms with Gasteiger partial charge in [0.25, 0.3) is 11.6 Å². The number of nitro benzene ring substituents is 1. The van der Waals surface area contributed by atoms with Crippen LogP contribution >= 0.6 is 35.5 Å². The largest absolute Gasteiger partial charge is 0.378 e. The Morgan fingerprint density at radius 2 is 2.03 bits per heavy atom. The first kappa shape index (κ1) is 21.3. The number of fused-ring (bicyclic) bond motifs is 1. The molecule has 0 aliphatic carbocycles. The number of carbonyl (C=O) groups is 1. The summed E-state index contributed by atoms with van der Waals surface area (Å²) >= 11 is 12.5. The molecule has 2 N–H and O–H groups in total. The number of morpholine rings is 1. The van der Waals surface area contributed by atoms with Crippen LogP contribution in [-0.4, -0.2) is 51.0 Å². The second-order valence-electron chi connectivity index (χ2n) is 6.52. The zero-order valence-electron chi connectivity index (χ0n) is 15.8. The third kappa shape index (κ3) is 4.56. The molecule has 1 fully saturated rings. The Hall–Kier alpha value is -2.93. The average Bonchev–Trinajstić information content (AvgIpc) is 3.25. The SMILES string of the molecule is O=C(NC(=S)Nc1c(Cl)ccc2nsnc12)c1ccc(N2CCOCC2)c([N+](=O)[O-])c1. The first-order chi connectivity index (χ1) is 14.9. The molecule has 0 radical (unpaired) electrons. The fraction of sp³-hybridized carbons (Fsp3) is 0.222. The van der Waals surface area contributed by atoms with Gasteiger partial charge in [0.15, 0.2) is 5.11 Å². The number of hydrogen-bond acceptors (Lipinski definition) is 9. The normalized spacial score (nSPS) is 13.8. The van der Waals surface area contributed by atoms with E-state index in [1.807, 2.05) is 4.90 Å². The van der Waals surface area contributed by atoms with Crippen LogP contribution in [0.3, 0.4) is 0 Å². The van der Waals surface area contributed by atoms with Gasteiger partial charge in [0.1, 0.15) is 16.7 Å². The van der Waals surface area contributed by atoms with Crippen LogP contribution in [0.2, 0.25) is 5.02 Å². The number of amides is 1. The monoisotopic (exact) mass is 478 g/mol. The molecule has 31 heavy (non-hydrogen) atoms. The molecule has 1 amide bonds. The molecule has 0 saturated carbocycles. The van der Waals surface area contributed by atoms with Gasteiger partial charge in [0.2, 0.25) is 0 Å². The van der Waals surface area contributed by atoms with Crippen molar-refractivity contribution in [2.24, 2.45) is 0 Å². The summed E-state index contributed by atoms with van der Waals surface area (Å²) in [5.74, 6) is -0.589. The van der Waals surface area contributed by atoms with E-state index >= 15 is 0 Å². The van der Waals surface area contributed by atoms with Crippen LogP contribution < -0.4 is 15.5 Å². The maximum Gasteiger partial charge on any atom is 0.293 e. The van der Waals surface area contributed by atoms with E-state index in [1.165, 1.54) is 12.1 Å². The highest BCUT2D eigenvalue weighted by Gasteiger charge is 2.24. The van der Waals surface area contributed by atoms with Crippen molar-refractivity contribution in [3.63, 3.8) is 0 Å². The van der Waals surface area contributed by atoms with E-state index in [4.69, 9.17) is 28.6 Å². The summed E-state index contributed by atoms with van der Waals surface area (Å²) in [6.45, 7) is 2.06. The van der Waals surface area contributed by atoms with Crippen LogP contribution in [0.15, 0.2) is 30.3 Å². The minimum atomic E-state index is -0.589. The highest BCUT2D eigenvalue weighted by Crippen LogP contribution is 2.31. The molecule has 0 atom stereocenters. The van der Waals surface area contributed by atoms with E-state index in [0.29, 0.717) is 53.7 Å². The van der Waals surface area contributed by atoms with E-state index in [2.05, 4.69) is 19.4 Å². The molecule has 1 saturated heterocycles. The number of rotatable bonds is 4. The fourth-order valence-electron chi connectivity index (χ4n) is 3.15. The maximum absolute atomic E-state index is 12.7. The average molecular weight is 479 g/mol. The number of hydrogen-bond donors (Lipinski definition) is 2. The van der Waals surface area contributed by atoms with Gasteiger partial charge >= 0.3 is 0 Å². The number of carbonyl (C=O) groups excluding carboxylic acids is 1. The Labute approximate surface area is 190 Å². The Bertz CT molecular complexity index is 1180. The maximum atomic E-state index is 12.7. The van der Waals surface area contributed by atoms with Crippen LogP contribution in [-0.2, 0) is 4.74 Å². The molecule has 0 spiro atoms. The van der Waals surface area contributed by atoms with Gasteiger partial charge in [-0.25, -0.2) is 0 Å². The fourth-order valence-corrected chi connectivity index (χ4v) is 4.09. The number of halogens is 1. The molecule has 0 bridgehead atoms. The zero-order chi connectivity index (χ0) is 22.0. The van der Waals surface area contributed by atoms with Crippen molar-refractivity contribution in [3.8, 4) is 0 Å². The van der Waals surface area contributed by atoms with Gasteiger partial charge in [-0.1, -0.05) is 11.6 Å². The smallest absolute Gasteiger partial charge is 0.293 e. The lowest BCUT2D eigenvalue weighted by molar-refractivity contribution is -0.384. The van der Waals surface area contributed by atoms with Crippen molar-refractivity contribution < 1.29 is 14.5 Å². The standard InChI is InChI=1S/C18H15ClN6O4S2/c19-11-2-3-12-16(23-31-22-12)15(11)20-18(30)21-17(26)10-1-4-13(14(9-10)25(27)28)24-5-7-29-8-6-24/h1-4,9H,5-8H2,(H2,20,21,26,30). The highest BCUT2D eigenvalue weighted by atomic mass is 35.5. The van der Waals surface area contributed by atoms with Gasteiger partial charge in [-0.15, -0.1) is 0 Å². The second kappa shape index (κ2) is 9.06. The molecule has 13 heteroatoms. The number of benzene rings is 2. The molecular formula is C18H15ClN6O4S2. The summed E-state index contributed by atoms with van der Waals surface area (Å²) in [6.07, 6.45) is 0.